The molecule has 5 aromatic rings. The molecule has 0 saturated carbocycles. The van der Waals surface area contributed by atoms with Crippen molar-refractivity contribution in [2.75, 3.05) is 0 Å². The number of fused-ring (bicyclic) bond motifs is 10. The van der Waals surface area contributed by atoms with Crippen molar-refractivity contribution in [2.45, 2.75) is 6.82 Å². The molecule has 3 aromatic carbocycles. The zero-order valence-corrected chi connectivity index (χ0v) is 19.0. The third-order valence-corrected chi connectivity index (χ3v) is 7.13. The molecule has 0 amide bonds. The normalized spacial score (nSPS) is 14.9. The number of rotatable bonds is 0. The summed E-state index contributed by atoms with van der Waals surface area (Å²) in [4.78, 5) is 18.2. The molecule has 0 unspecified atom stereocenters. The van der Waals surface area contributed by atoms with E-state index in [4.69, 9.17) is 0 Å². The lowest BCUT2D eigenvalue weighted by Gasteiger charge is -2.20. The maximum atomic E-state index is 14.4. The van der Waals surface area contributed by atoms with Crippen molar-refractivity contribution < 1.29 is 26.3 Å². The maximum Gasteiger partial charge on any atom is 0.386 e. The molecule has 0 saturated heterocycles. The van der Waals surface area contributed by atoms with E-state index < -0.39 is 41.9 Å². The Balaban J connectivity index is 1.66. The molecule has 0 fully saturated rings. The third-order valence-electron chi connectivity index (χ3n) is 7.13. The Morgan fingerprint density at radius 3 is 1.47 bits per heavy atom. The zero-order valence-electron chi connectivity index (χ0n) is 19.0. The first-order chi connectivity index (χ1) is 18.2. The number of hydrogen-bond acceptors (Lipinski definition) is 4. The van der Waals surface area contributed by atoms with Gasteiger partial charge in [0.25, 0.3) is 0 Å². The molecule has 8 rings (SSSR count). The van der Waals surface area contributed by atoms with Crippen LogP contribution in [0.15, 0.2) is 56.4 Å². The smallest absolute Gasteiger partial charge is 0.334 e. The van der Waals surface area contributed by atoms with Gasteiger partial charge in [0.1, 0.15) is 22.6 Å². The van der Waals surface area contributed by atoms with E-state index in [1.807, 2.05) is 0 Å². The minimum absolute atomic E-state index is 0.0379. The Kier molecular flexibility index (Phi) is 3.83. The molecule has 38 heavy (non-hydrogen) atoms. The van der Waals surface area contributed by atoms with Gasteiger partial charge in [0.05, 0.1) is 0 Å². The van der Waals surface area contributed by atoms with E-state index in [0.29, 0.717) is 0 Å². The van der Waals surface area contributed by atoms with Gasteiger partial charge in [-0.15, -0.1) is 0 Å². The van der Waals surface area contributed by atoms with E-state index in [0.717, 1.165) is 36.4 Å². The van der Waals surface area contributed by atoms with Gasteiger partial charge < -0.3 is 8.96 Å². The lowest BCUT2D eigenvalue weighted by Crippen LogP contribution is -2.46. The highest BCUT2D eigenvalue weighted by atomic mass is 19.2. The SMILES string of the molecule is CB1n2c3c4cc(F)c(F)cc4c2N=c2c4cc(F)c(F)cc4c(n21)=NC1=NC(=N3)c2cc(F)c(F)cc21. The van der Waals surface area contributed by atoms with Crippen molar-refractivity contribution >= 4 is 51.8 Å². The summed E-state index contributed by atoms with van der Waals surface area (Å²) in [5.74, 6) is -6.50. The molecule has 0 radical (unpaired) electrons. The molecular weight excluding hydrogens is 509 g/mol. The van der Waals surface area contributed by atoms with E-state index in [2.05, 4.69) is 20.0 Å². The summed E-state index contributed by atoms with van der Waals surface area (Å²) in [6.45, 7) is 1.04. The number of hydrogen-bond donors (Lipinski definition) is 0. The summed E-state index contributed by atoms with van der Waals surface area (Å²) in [6, 6.07) is 5.76. The minimum Gasteiger partial charge on any atom is -0.334 e. The molecule has 2 aromatic heterocycles. The fourth-order valence-electron chi connectivity index (χ4n) is 5.44. The van der Waals surface area contributed by atoms with Crippen molar-refractivity contribution in [2.24, 2.45) is 20.0 Å². The van der Waals surface area contributed by atoms with Crippen LogP contribution >= 0.6 is 0 Å². The molecule has 3 aliphatic heterocycles. The summed E-state index contributed by atoms with van der Waals surface area (Å²) >= 11 is 0. The molecule has 0 atom stereocenters. The fourth-order valence-corrected chi connectivity index (χ4v) is 5.44. The second-order valence-electron chi connectivity index (χ2n) is 9.20. The lowest BCUT2D eigenvalue weighted by molar-refractivity contribution is 0.508. The van der Waals surface area contributed by atoms with E-state index in [9.17, 15) is 26.3 Å². The van der Waals surface area contributed by atoms with Crippen LogP contribution in [0.3, 0.4) is 0 Å². The van der Waals surface area contributed by atoms with Crippen LogP contribution in [0.4, 0.5) is 38.0 Å². The third kappa shape index (κ3) is 2.50. The first kappa shape index (κ1) is 21.4. The Morgan fingerprint density at radius 1 is 0.500 bits per heavy atom. The molecule has 0 spiro atoms. The first-order valence-electron chi connectivity index (χ1n) is 11.4. The summed E-state index contributed by atoms with van der Waals surface area (Å²) < 4.78 is 89.4. The van der Waals surface area contributed by atoms with Crippen LogP contribution in [-0.2, 0) is 0 Å². The number of aliphatic imine (C=N–C) groups is 2. The van der Waals surface area contributed by atoms with Gasteiger partial charge in [0.2, 0.25) is 0 Å². The van der Waals surface area contributed by atoms with Gasteiger partial charge in [-0.2, -0.15) is 0 Å². The Labute approximate surface area is 207 Å². The largest absolute Gasteiger partial charge is 0.386 e. The highest BCUT2D eigenvalue weighted by molar-refractivity contribution is 6.56. The zero-order chi connectivity index (χ0) is 26.2. The Morgan fingerprint density at radius 2 is 0.921 bits per heavy atom. The summed E-state index contributed by atoms with van der Waals surface area (Å²) in [7, 11) is 0. The predicted molar refractivity (Wildman–Crippen MR) is 127 cm³/mol. The van der Waals surface area contributed by atoms with Gasteiger partial charge in [0.15, 0.2) is 46.6 Å². The molecule has 3 aliphatic rings. The molecule has 5 heterocycles. The van der Waals surface area contributed by atoms with E-state index in [1.165, 1.54) is 0 Å². The van der Waals surface area contributed by atoms with Gasteiger partial charge in [-0.3, -0.25) is 0 Å². The fraction of sp³-hybridized carbons (Fsp3) is 0.0400. The quantitative estimate of drug-likeness (QED) is 0.211. The van der Waals surface area contributed by atoms with Gasteiger partial charge in [-0.05, 0) is 43.2 Å². The highest BCUT2D eigenvalue weighted by Gasteiger charge is 2.35. The topological polar surface area (TPSA) is 59.3 Å². The van der Waals surface area contributed by atoms with E-state index in [1.54, 1.807) is 15.8 Å². The molecule has 0 aliphatic carbocycles. The Hall–Kier alpha value is -4.68. The summed E-state index contributed by atoms with van der Waals surface area (Å²) in [6.07, 6.45) is 0. The molecule has 13 heteroatoms. The van der Waals surface area contributed by atoms with Gasteiger partial charge >= 0.3 is 6.98 Å². The monoisotopic (exact) mass is 518 g/mol. The molecule has 184 valence electrons. The summed E-state index contributed by atoms with van der Waals surface area (Å²) in [5, 5.41) is 0.815. The minimum atomic E-state index is -1.14. The highest BCUT2D eigenvalue weighted by Crippen LogP contribution is 2.41. The van der Waals surface area contributed by atoms with Crippen molar-refractivity contribution in [1.29, 1.82) is 0 Å². The predicted octanol–water partition coefficient (Wildman–Crippen LogP) is 4.68. The average Bonchev–Trinajstić information content (AvgIpc) is 3.45. The van der Waals surface area contributed by atoms with Crippen LogP contribution in [0.25, 0.3) is 21.5 Å². The first-order valence-corrected chi connectivity index (χ1v) is 11.4. The van der Waals surface area contributed by atoms with Crippen molar-refractivity contribution in [3.63, 3.8) is 0 Å². The van der Waals surface area contributed by atoms with Crippen LogP contribution < -0.4 is 11.0 Å². The standard InChI is InChI=1S/C25H9BF6N6/c1-26-37-22-10-4-16(29)18(31)6-12(10)24(37)36-25-13-7-19(32)17(30)5-11(13)23(38(25)26)35-21-9-3-15(28)14(27)2-8(9)20(33-21)34-22/h2-7H,1H3. The lowest BCUT2D eigenvalue weighted by atomic mass is 9.78. The number of nitrogens with zero attached hydrogens (tertiary/aromatic N) is 6. The van der Waals surface area contributed by atoms with Crippen LogP contribution in [0.1, 0.15) is 11.1 Å². The second kappa shape index (κ2) is 6.79. The van der Waals surface area contributed by atoms with Crippen LogP contribution in [-0.4, -0.2) is 27.6 Å². The average molecular weight is 518 g/mol. The van der Waals surface area contributed by atoms with Gasteiger partial charge in [0, 0.05) is 32.7 Å². The van der Waals surface area contributed by atoms with E-state index >= 15 is 0 Å². The number of halogens is 6. The van der Waals surface area contributed by atoms with Crippen molar-refractivity contribution in [3.05, 3.63) is 93.4 Å². The van der Waals surface area contributed by atoms with Crippen LogP contribution in [0, 0.1) is 34.9 Å². The molecular formula is C25H9BF6N6. The maximum absolute atomic E-state index is 14.4. The number of benzene rings is 3. The summed E-state index contributed by atoms with van der Waals surface area (Å²) in [5.41, 5.74) is 0.577. The molecule has 0 N–H and O–H groups in total. The van der Waals surface area contributed by atoms with Crippen LogP contribution in [0.2, 0.25) is 6.82 Å². The van der Waals surface area contributed by atoms with E-state index in [-0.39, 0.29) is 67.0 Å². The van der Waals surface area contributed by atoms with Gasteiger partial charge in [-0.1, -0.05) is 0 Å². The second-order valence-corrected chi connectivity index (χ2v) is 9.20. The van der Waals surface area contributed by atoms with Crippen LogP contribution in [0.5, 0.6) is 0 Å². The molecule has 6 nitrogen and oxygen atoms in total. The number of aromatic nitrogens is 2. The van der Waals surface area contributed by atoms with Crippen molar-refractivity contribution in [3.8, 4) is 0 Å². The molecule has 4 bridgehead atoms. The number of amidine groups is 2. The van der Waals surface area contributed by atoms with Gasteiger partial charge in [-0.25, -0.2) is 46.3 Å². The Bertz CT molecular complexity index is 2180. The van der Waals surface area contributed by atoms with Crippen molar-refractivity contribution in [1.82, 2.24) is 8.96 Å².